The maximum atomic E-state index is 13.4. The highest BCUT2D eigenvalue weighted by Crippen LogP contribution is 2.36. The van der Waals surface area contributed by atoms with Gasteiger partial charge in [-0.2, -0.15) is 0 Å². The van der Waals surface area contributed by atoms with E-state index in [2.05, 4.69) is 15.6 Å². The second-order valence-electron chi connectivity index (χ2n) is 5.06. The number of carbonyl (C=O) groups is 1. The zero-order valence-corrected chi connectivity index (χ0v) is 10.0. The molecule has 4 nitrogen and oxygen atoms in total. The molecular weight excluding hydrogens is 233 g/mol. The summed E-state index contributed by atoms with van der Waals surface area (Å²) in [7, 11) is 0. The second-order valence-corrected chi connectivity index (χ2v) is 5.06. The van der Waals surface area contributed by atoms with Gasteiger partial charge in [-0.25, -0.2) is 4.39 Å². The third-order valence-electron chi connectivity index (χ3n) is 4.04. The van der Waals surface area contributed by atoms with Crippen LogP contribution < -0.4 is 10.6 Å². The van der Waals surface area contributed by atoms with Gasteiger partial charge < -0.3 is 10.6 Å². The first-order valence-electron chi connectivity index (χ1n) is 6.35. The number of rotatable bonds is 3. The summed E-state index contributed by atoms with van der Waals surface area (Å²) in [5.74, 6) is 0.196. The Morgan fingerprint density at radius 2 is 2.44 bits per heavy atom. The quantitative estimate of drug-likeness (QED) is 0.834. The predicted octanol–water partition coefficient (Wildman–Crippen LogP) is 0.835. The van der Waals surface area contributed by atoms with E-state index in [1.54, 1.807) is 6.07 Å². The number of halogens is 1. The van der Waals surface area contributed by atoms with Crippen LogP contribution in [0.3, 0.4) is 0 Å². The Hall–Kier alpha value is -1.49. The number of fused-ring (bicyclic) bond motifs is 2. The Balaban J connectivity index is 1.61. The standard InChI is InChI=1S/C13H16FN3O/c14-10-7-15-4-3-8(10)5-17-13(18)12-9-1-2-11(12)16-6-9/h3-4,7,9,11-12,16H,1-2,5-6H2,(H,17,18)/t9-,11-,12+/m0/s1. The Bertz CT molecular complexity index is 445. The SMILES string of the molecule is O=C(NCc1ccncc1F)[C@@H]1[C@H]2CC[C@@H]1NC2. The lowest BCUT2D eigenvalue weighted by Gasteiger charge is -2.14. The van der Waals surface area contributed by atoms with Crippen LogP contribution in [0.25, 0.3) is 0 Å². The molecule has 5 heteroatoms. The normalized spacial score (nSPS) is 29.5. The summed E-state index contributed by atoms with van der Waals surface area (Å²) in [6.07, 6.45) is 4.90. The number of pyridine rings is 1. The molecule has 96 valence electrons. The minimum Gasteiger partial charge on any atom is -0.352 e. The van der Waals surface area contributed by atoms with Crippen molar-refractivity contribution in [3.8, 4) is 0 Å². The molecule has 1 aromatic rings. The van der Waals surface area contributed by atoms with Gasteiger partial charge in [0, 0.05) is 24.3 Å². The number of nitrogens with zero attached hydrogens (tertiary/aromatic N) is 1. The van der Waals surface area contributed by atoms with Gasteiger partial charge in [0.1, 0.15) is 5.82 Å². The van der Waals surface area contributed by atoms with Crippen molar-refractivity contribution < 1.29 is 9.18 Å². The number of hydrogen-bond acceptors (Lipinski definition) is 3. The van der Waals surface area contributed by atoms with Crippen LogP contribution in [0.15, 0.2) is 18.5 Å². The van der Waals surface area contributed by atoms with Crippen LogP contribution in [0.4, 0.5) is 4.39 Å². The average molecular weight is 249 g/mol. The molecule has 1 saturated heterocycles. The van der Waals surface area contributed by atoms with E-state index in [0.717, 1.165) is 19.4 Å². The fourth-order valence-electron chi connectivity index (χ4n) is 3.09. The molecule has 18 heavy (non-hydrogen) atoms. The van der Waals surface area contributed by atoms with Crippen molar-refractivity contribution in [1.82, 2.24) is 15.6 Å². The van der Waals surface area contributed by atoms with Gasteiger partial charge in [0.05, 0.1) is 12.1 Å². The molecule has 1 aliphatic heterocycles. The monoisotopic (exact) mass is 249 g/mol. The van der Waals surface area contributed by atoms with Gasteiger partial charge in [-0.1, -0.05) is 0 Å². The zero-order chi connectivity index (χ0) is 12.5. The Kier molecular flexibility index (Phi) is 2.99. The van der Waals surface area contributed by atoms with E-state index in [1.807, 2.05) is 0 Å². The smallest absolute Gasteiger partial charge is 0.225 e. The molecule has 2 bridgehead atoms. The average Bonchev–Trinajstić information content (AvgIpc) is 2.97. The van der Waals surface area contributed by atoms with Gasteiger partial charge in [0.15, 0.2) is 0 Å². The molecule has 1 amide bonds. The first-order valence-corrected chi connectivity index (χ1v) is 6.35. The molecule has 0 aromatic carbocycles. The molecule has 0 spiro atoms. The zero-order valence-electron chi connectivity index (χ0n) is 10.0. The summed E-state index contributed by atoms with van der Waals surface area (Å²) >= 11 is 0. The Morgan fingerprint density at radius 3 is 3.06 bits per heavy atom. The highest BCUT2D eigenvalue weighted by Gasteiger charge is 2.45. The molecule has 3 atom stereocenters. The minimum atomic E-state index is -0.370. The van der Waals surface area contributed by atoms with Gasteiger partial charge in [-0.15, -0.1) is 0 Å². The lowest BCUT2D eigenvalue weighted by molar-refractivity contribution is -0.125. The van der Waals surface area contributed by atoms with E-state index < -0.39 is 0 Å². The lowest BCUT2D eigenvalue weighted by atomic mass is 9.97. The summed E-state index contributed by atoms with van der Waals surface area (Å²) in [6.45, 7) is 1.18. The van der Waals surface area contributed by atoms with Gasteiger partial charge in [-0.05, 0) is 31.4 Å². The third kappa shape index (κ3) is 1.99. The molecule has 2 fully saturated rings. The van der Waals surface area contributed by atoms with Crippen LogP contribution in [-0.4, -0.2) is 23.5 Å². The van der Waals surface area contributed by atoms with E-state index in [9.17, 15) is 9.18 Å². The predicted molar refractivity (Wildman–Crippen MR) is 64.0 cm³/mol. The van der Waals surface area contributed by atoms with Gasteiger partial charge in [0.25, 0.3) is 0 Å². The van der Waals surface area contributed by atoms with E-state index >= 15 is 0 Å². The molecule has 2 N–H and O–H groups in total. The summed E-state index contributed by atoms with van der Waals surface area (Å²) in [5, 5.41) is 6.19. The van der Waals surface area contributed by atoms with Crippen molar-refractivity contribution in [2.45, 2.75) is 25.4 Å². The van der Waals surface area contributed by atoms with Crippen LogP contribution in [-0.2, 0) is 11.3 Å². The molecule has 1 aliphatic carbocycles. The molecule has 2 aliphatic rings. The lowest BCUT2D eigenvalue weighted by Crippen LogP contribution is -2.36. The fraction of sp³-hybridized carbons (Fsp3) is 0.538. The van der Waals surface area contributed by atoms with E-state index in [4.69, 9.17) is 0 Å². The number of nitrogens with one attached hydrogen (secondary N) is 2. The Labute approximate surface area is 105 Å². The maximum Gasteiger partial charge on any atom is 0.225 e. The fourth-order valence-corrected chi connectivity index (χ4v) is 3.09. The van der Waals surface area contributed by atoms with Gasteiger partial charge >= 0.3 is 0 Å². The van der Waals surface area contributed by atoms with Gasteiger partial charge in [0.2, 0.25) is 5.91 Å². The third-order valence-corrected chi connectivity index (χ3v) is 4.04. The molecule has 1 aromatic heterocycles. The molecular formula is C13H16FN3O. The van der Waals surface area contributed by atoms with Crippen molar-refractivity contribution >= 4 is 5.91 Å². The summed E-state index contributed by atoms with van der Waals surface area (Å²) in [4.78, 5) is 15.8. The molecule has 1 saturated carbocycles. The topological polar surface area (TPSA) is 54.0 Å². The van der Waals surface area contributed by atoms with Crippen LogP contribution in [0, 0.1) is 17.7 Å². The van der Waals surface area contributed by atoms with Crippen molar-refractivity contribution in [2.24, 2.45) is 11.8 Å². The molecule has 0 radical (unpaired) electrons. The maximum absolute atomic E-state index is 13.4. The van der Waals surface area contributed by atoms with E-state index in [1.165, 1.54) is 12.4 Å². The summed E-state index contributed by atoms with van der Waals surface area (Å²) < 4.78 is 13.4. The molecule has 3 rings (SSSR count). The van der Waals surface area contributed by atoms with Crippen molar-refractivity contribution in [1.29, 1.82) is 0 Å². The highest BCUT2D eigenvalue weighted by molar-refractivity contribution is 5.80. The number of aromatic nitrogens is 1. The van der Waals surface area contributed by atoms with Crippen molar-refractivity contribution in [2.75, 3.05) is 6.54 Å². The first kappa shape index (κ1) is 11.6. The van der Waals surface area contributed by atoms with Crippen molar-refractivity contribution in [3.05, 3.63) is 29.8 Å². The second kappa shape index (κ2) is 4.65. The number of amides is 1. The van der Waals surface area contributed by atoms with Crippen LogP contribution >= 0.6 is 0 Å². The number of hydrogen-bond donors (Lipinski definition) is 2. The highest BCUT2D eigenvalue weighted by atomic mass is 19.1. The first-order chi connectivity index (χ1) is 8.75. The molecule has 0 unspecified atom stereocenters. The van der Waals surface area contributed by atoms with Crippen LogP contribution in [0.2, 0.25) is 0 Å². The number of piperidine rings is 1. The van der Waals surface area contributed by atoms with E-state index in [0.29, 0.717) is 17.5 Å². The van der Waals surface area contributed by atoms with Gasteiger partial charge in [-0.3, -0.25) is 9.78 Å². The largest absolute Gasteiger partial charge is 0.352 e. The minimum absolute atomic E-state index is 0.0451. The summed E-state index contributed by atoms with van der Waals surface area (Å²) in [5.41, 5.74) is 0.483. The Morgan fingerprint density at radius 1 is 1.56 bits per heavy atom. The molecule has 2 heterocycles. The summed E-state index contributed by atoms with van der Waals surface area (Å²) in [6, 6.07) is 1.91. The number of carbonyl (C=O) groups excluding carboxylic acids is 1. The van der Waals surface area contributed by atoms with Crippen molar-refractivity contribution in [3.63, 3.8) is 0 Å². The van der Waals surface area contributed by atoms with Crippen LogP contribution in [0.1, 0.15) is 18.4 Å². The van der Waals surface area contributed by atoms with E-state index in [-0.39, 0.29) is 24.2 Å². The van der Waals surface area contributed by atoms with Crippen LogP contribution in [0.5, 0.6) is 0 Å².